The molecule has 2 rings (SSSR count). The zero-order chi connectivity index (χ0) is 13.0. The third-order valence-electron chi connectivity index (χ3n) is 2.12. The minimum absolute atomic E-state index is 0.148. The first-order chi connectivity index (χ1) is 8.70. The molecule has 1 aliphatic rings. The largest absolute Gasteiger partial charge is 0.279 e. The second-order valence-electron chi connectivity index (χ2n) is 3.42. The Kier molecular flexibility index (Phi) is 4.38. The molecule has 2 nitrogen and oxygen atoms in total. The maximum absolute atomic E-state index is 13.4. The number of halogens is 1. The van der Waals surface area contributed by atoms with E-state index < -0.39 is 0 Å². The maximum atomic E-state index is 13.4. The minimum atomic E-state index is -0.356. The van der Waals surface area contributed by atoms with Crippen LogP contribution in [0.5, 0.6) is 0 Å². The number of carbonyl (C=O) groups is 1. The number of carbonyl (C=O) groups excluding carboxylic acids is 1. The molecule has 0 amide bonds. The van der Waals surface area contributed by atoms with Gasteiger partial charge in [0, 0.05) is 11.3 Å². The van der Waals surface area contributed by atoms with Crippen molar-refractivity contribution in [3.63, 3.8) is 0 Å². The second-order valence-corrected chi connectivity index (χ2v) is 5.65. The van der Waals surface area contributed by atoms with Gasteiger partial charge in [0.15, 0.2) is 0 Å². The van der Waals surface area contributed by atoms with Crippen molar-refractivity contribution in [2.45, 2.75) is 0 Å². The summed E-state index contributed by atoms with van der Waals surface area (Å²) in [6.07, 6.45) is 3.23. The summed E-state index contributed by atoms with van der Waals surface area (Å²) in [4.78, 5) is 15.9. The van der Waals surface area contributed by atoms with Crippen molar-refractivity contribution in [3.05, 3.63) is 54.0 Å². The van der Waals surface area contributed by atoms with Crippen LogP contribution < -0.4 is 0 Å². The minimum Gasteiger partial charge on any atom is -0.279 e. The van der Waals surface area contributed by atoms with E-state index in [1.165, 1.54) is 23.9 Å². The van der Waals surface area contributed by atoms with Crippen LogP contribution >= 0.6 is 23.5 Å². The molecule has 0 fully saturated rings. The molecule has 0 aromatic heterocycles. The van der Waals surface area contributed by atoms with Crippen LogP contribution in [0.1, 0.15) is 5.56 Å². The predicted molar refractivity (Wildman–Crippen MR) is 77.1 cm³/mol. The average Bonchev–Trinajstić information content (AvgIpc) is 2.70. The fourth-order valence-corrected chi connectivity index (χ4v) is 2.92. The molecule has 0 unspecified atom stereocenters. The lowest BCUT2D eigenvalue weighted by atomic mass is 10.2. The molecule has 1 aliphatic heterocycles. The van der Waals surface area contributed by atoms with Crippen LogP contribution in [-0.2, 0) is 4.79 Å². The Balaban J connectivity index is 2.23. The van der Waals surface area contributed by atoms with Gasteiger partial charge in [-0.15, -0.1) is 6.58 Å². The first-order valence-corrected chi connectivity index (χ1v) is 7.01. The molecule has 1 aromatic carbocycles. The van der Waals surface area contributed by atoms with Gasteiger partial charge in [0.25, 0.3) is 0 Å². The molecule has 0 atom stereocenters. The van der Waals surface area contributed by atoms with Gasteiger partial charge in [-0.1, -0.05) is 36.0 Å². The topological polar surface area (TPSA) is 29.4 Å². The predicted octanol–water partition coefficient (Wildman–Crippen LogP) is 3.72. The molecule has 5 heteroatoms. The van der Waals surface area contributed by atoms with E-state index in [0.717, 1.165) is 11.8 Å². The summed E-state index contributed by atoms with van der Waals surface area (Å²) in [5.41, 5.74) is 0.664. The molecule has 0 saturated heterocycles. The summed E-state index contributed by atoms with van der Waals surface area (Å²) < 4.78 is 14.1. The van der Waals surface area contributed by atoms with E-state index >= 15 is 0 Å². The molecule has 18 heavy (non-hydrogen) atoms. The van der Waals surface area contributed by atoms with Crippen molar-refractivity contribution in [2.75, 3.05) is 5.75 Å². The Morgan fingerprint density at radius 1 is 1.44 bits per heavy atom. The van der Waals surface area contributed by atoms with E-state index in [0.29, 0.717) is 15.7 Å². The molecular formula is C13H10FNOS2. The van der Waals surface area contributed by atoms with Crippen LogP contribution in [0.2, 0.25) is 0 Å². The van der Waals surface area contributed by atoms with Gasteiger partial charge in [-0.25, -0.2) is 9.38 Å². The lowest BCUT2D eigenvalue weighted by molar-refractivity contribution is -0.107. The Morgan fingerprint density at radius 3 is 2.94 bits per heavy atom. The molecule has 0 N–H and O–H groups in total. The van der Waals surface area contributed by atoms with Crippen LogP contribution in [0.15, 0.2) is 47.6 Å². The van der Waals surface area contributed by atoms with Gasteiger partial charge in [0.1, 0.15) is 15.9 Å². The van der Waals surface area contributed by atoms with Crippen molar-refractivity contribution in [3.8, 4) is 0 Å². The Morgan fingerprint density at radius 2 is 2.22 bits per heavy atom. The van der Waals surface area contributed by atoms with Crippen LogP contribution in [0.4, 0.5) is 4.39 Å². The first kappa shape index (κ1) is 13.1. The lowest BCUT2D eigenvalue weighted by Gasteiger charge is -1.95. The van der Waals surface area contributed by atoms with E-state index in [2.05, 4.69) is 11.6 Å². The van der Waals surface area contributed by atoms with Gasteiger partial charge in [-0.2, -0.15) is 0 Å². The van der Waals surface area contributed by atoms with Gasteiger partial charge < -0.3 is 0 Å². The number of benzene rings is 1. The summed E-state index contributed by atoms with van der Waals surface area (Å²) in [6, 6.07) is 6.30. The maximum Gasteiger partial charge on any atom is 0.244 e. The van der Waals surface area contributed by atoms with E-state index in [-0.39, 0.29) is 16.6 Å². The van der Waals surface area contributed by atoms with Crippen molar-refractivity contribution in [1.29, 1.82) is 0 Å². The molecule has 0 bridgehead atoms. The van der Waals surface area contributed by atoms with Gasteiger partial charge in [0.2, 0.25) is 5.12 Å². The highest BCUT2D eigenvalue weighted by atomic mass is 32.2. The highest BCUT2D eigenvalue weighted by molar-refractivity contribution is 8.45. The Hall–Kier alpha value is -1.33. The van der Waals surface area contributed by atoms with Crippen LogP contribution in [0.25, 0.3) is 6.08 Å². The molecular weight excluding hydrogens is 269 g/mol. The van der Waals surface area contributed by atoms with Gasteiger partial charge >= 0.3 is 0 Å². The normalized spacial score (nSPS) is 17.1. The van der Waals surface area contributed by atoms with Crippen LogP contribution in [-0.4, -0.2) is 15.2 Å². The molecule has 0 spiro atoms. The van der Waals surface area contributed by atoms with E-state index in [9.17, 15) is 9.18 Å². The average molecular weight is 279 g/mol. The highest BCUT2D eigenvalue weighted by Gasteiger charge is 2.22. The van der Waals surface area contributed by atoms with Crippen molar-refractivity contribution < 1.29 is 9.18 Å². The third kappa shape index (κ3) is 3.11. The zero-order valence-electron chi connectivity index (χ0n) is 9.43. The summed E-state index contributed by atoms with van der Waals surface area (Å²) >= 11 is 2.52. The molecule has 1 aromatic rings. The fraction of sp³-hybridized carbons (Fsp3) is 0.0769. The SMILES string of the molecule is C=CCSC1=NC(=Cc2ccccc2F)C(=O)S1. The van der Waals surface area contributed by atoms with E-state index in [4.69, 9.17) is 0 Å². The van der Waals surface area contributed by atoms with Crippen molar-refractivity contribution in [2.24, 2.45) is 4.99 Å². The number of hydrogen-bond donors (Lipinski definition) is 0. The fourth-order valence-electron chi connectivity index (χ4n) is 1.32. The molecule has 1 heterocycles. The smallest absolute Gasteiger partial charge is 0.244 e. The summed E-state index contributed by atoms with van der Waals surface area (Å²) in [7, 11) is 0. The van der Waals surface area contributed by atoms with Gasteiger partial charge in [-0.3, -0.25) is 4.79 Å². The van der Waals surface area contributed by atoms with Crippen molar-refractivity contribution in [1.82, 2.24) is 0 Å². The molecule has 0 radical (unpaired) electrons. The zero-order valence-corrected chi connectivity index (χ0v) is 11.1. The molecule has 0 aliphatic carbocycles. The standard InChI is InChI=1S/C13H10FNOS2/c1-2-7-17-13-15-11(12(16)18-13)8-9-5-3-4-6-10(9)14/h2-6,8H,1,7H2. The van der Waals surface area contributed by atoms with Gasteiger partial charge in [0.05, 0.1) is 0 Å². The molecule has 92 valence electrons. The number of hydrogen-bond acceptors (Lipinski definition) is 4. The number of aliphatic imine (C=N–C) groups is 1. The quantitative estimate of drug-likeness (QED) is 0.624. The second kappa shape index (κ2) is 6.02. The highest BCUT2D eigenvalue weighted by Crippen LogP contribution is 2.31. The summed E-state index contributed by atoms with van der Waals surface area (Å²) in [6.45, 7) is 3.60. The Labute approximate surface area is 113 Å². The monoisotopic (exact) mass is 279 g/mol. The van der Waals surface area contributed by atoms with Gasteiger partial charge in [-0.05, 0) is 23.9 Å². The number of rotatable bonds is 3. The molecule has 0 saturated carbocycles. The Bertz CT molecular complexity index is 552. The van der Waals surface area contributed by atoms with Crippen LogP contribution in [0, 0.1) is 5.82 Å². The van der Waals surface area contributed by atoms with Crippen molar-refractivity contribution >= 4 is 39.1 Å². The van der Waals surface area contributed by atoms with E-state index in [1.807, 2.05) is 0 Å². The summed E-state index contributed by atoms with van der Waals surface area (Å²) in [5.74, 6) is 0.344. The summed E-state index contributed by atoms with van der Waals surface area (Å²) in [5, 5.41) is -0.148. The number of nitrogens with zero attached hydrogens (tertiary/aromatic N) is 1. The lowest BCUT2D eigenvalue weighted by Crippen LogP contribution is -1.89. The third-order valence-corrected chi connectivity index (χ3v) is 4.13. The van der Waals surface area contributed by atoms with Crippen LogP contribution in [0.3, 0.4) is 0 Å². The number of thioether (sulfide) groups is 2. The van der Waals surface area contributed by atoms with E-state index in [1.54, 1.807) is 24.3 Å². The first-order valence-electron chi connectivity index (χ1n) is 5.21.